The van der Waals surface area contributed by atoms with Gasteiger partial charge in [0.25, 0.3) is 5.91 Å². The van der Waals surface area contributed by atoms with E-state index in [4.69, 9.17) is 15.1 Å². The number of hydrogen-bond acceptors (Lipinski definition) is 6. The molecule has 2 aromatic rings. The van der Waals surface area contributed by atoms with Crippen LogP contribution in [0.3, 0.4) is 0 Å². The monoisotopic (exact) mass is 260 g/mol. The molecule has 0 bridgehead atoms. The van der Waals surface area contributed by atoms with Gasteiger partial charge < -0.3 is 10.3 Å². The molecule has 1 amide bonds. The van der Waals surface area contributed by atoms with E-state index in [-0.39, 0.29) is 12.5 Å². The first-order chi connectivity index (χ1) is 9.28. The average molecular weight is 260 g/mol. The Balaban J connectivity index is 1.93. The molecule has 1 saturated heterocycles. The fourth-order valence-corrected chi connectivity index (χ4v) is 1.84. The number of hydrogen-bond donors (Lipinski definition) is 1. The molecule has 19 heavy (non-hydrogen) atoms. The molecule has 7 nitrogen and oxygen atoms in total. The lowest BCUT2D eigenvalue weighted by Gasteiger charge is -2.14. The normalized spacial score (nSPS) is 15.2. The molecular weight excluding hydrogens is 248 g/mol. The van der Waals surface area contributed by atoms with E-state index in [9.17, 15) is 4.79 Å². The highest BCUT2D eigenvalue weighted by Crippen LogP contribution is 2.25. The van der Waals surface area contributed by atoms with Gasteiger partial charge in [-0.15, -0.1) is 0 Å². The highest BCUT2D eigenvalue weighted by atomic mass is 16.7. The summed E-state index contributed by atoms with van der Waals surface area (Å²) in [7, 11) is 0. The minimum absolute atomic E-state index is 0.0621. The first kappa shape index (κ1) is 11.8. The van der Waals surface area contributed by atoms with Gasteiger partial charge in [-0.3, -0.25) is 9.63 Å². The van der Waals surface area contributed by atoms with Crippen LogP contribution >= 0.6 is 0 Å². The van der Waals surface area contributed by atoms with Crippen molar-refractivity contribution in [2.45, 2.75) is 13.0 Å². The van der Waals surface area contributed by atoms with Crippen molar-refractivity contribution in [3.8, 4) is 11.4 Å². The quantitative estimate of drug-likeness (QED) is 0.879. The van der Waals surface area contributed by atoms with Crippen LogP contribution in [0.5, 0.6) is 0 Å². The fourth-order valence-electron chi connectivity index (χ4n) is 1.84. The number of rotatable bonds is 3. The molecule has 0 saturated carbocycles. The van der Waals surface area contributed by atoms with Gasteiger partial charge in [-0.2, -0.15) is 10.0 Å². The van der Waals surface area contributed by atoms with Crippen LogP contribution < -0.4 is 10.8 Å². The van der Waals surface area contributed by atoms with Crippen LogP contribution in [-0.2, 0) is 16.2 Å². The Bertz CT molecular complexity index is 611. The lowest BCUT2D eigenvalue weighted by Crippen LogP contribution is -2.22. The minimum Gasteiger partial charge on any atom is -0.338 e. The summed E-state index contributed by atoms with van der Waals surface area (Å²) < 4.78 is 4.96. The molecule has 1 aromatic heterocycles. The summed E-state index contributed by atoms with van der Waals surface area (Å²) in [6, 6.07) is 7.19. The van der Waals surface area contributed by atoms with E-state index in [2.05, 4.69) is 10.1 Å². The fraction of sp³-hybridized carbons (Fsp3) is 0.250. The van der Waals surface area contributed by atoms with Crippen molar-refractivity contribution in [3.05, 3.63) is 30.2 Å². The third kappa shape index (κ3) is 2.20. The predicted molar refractivity (Wildman–Crippen MR) is 65.7 cm³/mol. The summed E-state index contributed by atoms with van der Waals surface area (Å²) in [6.07, 6.45) is 0.393. The lowest BCUT2D eigenvalue weighted by molar-refractivity contribution is -0.119. The standard InChI is InChI=1S/C12H12N4O3/c13-7-10-14-12(15-19-10)8-2-1-3-9(6-8)16-11(17)4-5-18-16/h1-3,6H,4-5,7,13H2. The van der Waals surface area contributed by atoms with Crippen LogP contribution in [0.15, 0.2) is 28.8 Å². The third-order valence-corrected chi connectivity index (χ3v) is 2.74. The van der Waals surface area contributed by atoms with Gasteiger partial charge in [0.1, 0.15) is 0 Å². The summed E-state index contributed by atoms with van der Waals surface area (Å²) >= 11 is 0. The first-order valence-corrected chi connectivity index (χ1v) is 5.87. The maximum Gasteiger partial charge on any atom is 0.253 e. The molecular formula is C12H12N4O3. The van der Waals surface area contributed by atoms with E-state index in [1.54, 1.807) is 18.2 Å². The van der Waals surface area contributed by atoms with Crippen LogP contribution in [0.25, 0.3) is 11.4 Å². The van der Waals surface area contributed by atoms with Gasteiger partial charge in [0, 0.05) is 5.56 Å². The second kappa shape index (κ2) is 4.79. The molecule has 0 unspecified atom stereocenters. The SMILES string of the molecule is NCc1nc(-c2cccc(N3OCCC3=O)c2)no1. The van der Waals surface area contributed by atoms with Crippen molar-refractivity contribution in [2.24, 2.45) is 5.73 Å². The number of anilines is 1. The molecule has 0 atom stereocenters. The highest BCUT2D eigenvalue weighted by Gasteiger charge is 2.23. The Labute approximate surface area is 108 Å². The molecule has 0 spiro atoms. The van der Waals surface area contributed by atoms with E-state index in [0.29, 0.717) is 30.4 Å². The largest absolute Gasteiger partial charge is 0.338 e. The Morgan fingerprint density at radius 1 is 1.42 bits per heavy atom. The first-order valence-electron chi connectivity index (χ1n) is 5.87. The van der Waals surface area contributed by atoms with E-state index >= 15 is 0 Å². The van der Waals surface area contributed by atoms with Crippen LogP contribution in [-0.4, -0.2) is 22.7 Å². The van der Waals surface area contributed by atoms with Crippen molar-refractivity contribution in [3.63, 3.8) is 0 Å². The molecule has 0 radical (unpaired) electrons. The zero-order valence-electron chi connectivity index (χ0n) is 10.1. The Hall–Kier alpha value is -2.25. The molecule has 1 aromatic carbocycles. The molecule has 7 heteroatoms. The van der Waals surface area contributed by atoms with E-state index < -0.39 is 0 Å². The van der Waals surface area contributed by atoms with Crippen molar-refractivity contribution < 1.29 is 14.2 Å². The number of aromatic nitrogens is 2. The van der Waals surface area contributed by atoms with Crippen molar-refractivity contribution in [1.82, 2.24) is 10.1 Å². The molecule has 2 N–H and O–H groups in total. The topological polar surface area (TPSA) is 94.5 Å². The maximum atomic E-state index is 11.6. The second-order valence-corrected chi connectivity index (χ2v) is 4.04. The number of benzene rings is 1. The van der Waals surface area contributed by atoms with Crippen LogP contribution in [0.4, 0.5) is 5.69 Å². The summed E-state index contributed by atoms with van der Waals surface area (Å²) in [5.41, 5.74) is 6.81. The van der Waals surface area contributed by atoms with Gasteiger partial charge in [0.2, 0.25) is 11.7 Å². The number of carbonyl (C=O) groups is 1. The summed E-state index contributed by atoms with van der Waals surface area (Å²) in [4.78, 5) is 21.0. The molecule has 2 heterocycles. The summed E-state index contributed by atoms with van der Waals surface area (Å²) in [5.74, 6) is 0.746. The number of nitrogens with two attached hydrogens (primary N) is 1. The second-order valence-electron chi connectivity index (χ2n) is 4.04. The molecule has 3 rings (SSSR count). The van der Waals surface area contributed by atoms with Gasteiger partial charge in [-0.25, -0.2) is 0 Å². The van der Waals surface area contributed by atoms with E-state index in [1.807, 2.05) is 6.07 Å². The summed E-state index contributed by atoms with van der Waals surface area (Å²) in [5, 5.41) is 5.12. The number of hydroxylamine groups is 1. The highest BCUT2D eigenvalue weighted by molar-refractivity contribution is 5.93. The third-order valence-electron chi connectivity index (χ3n) is 2.74. The van der Waals surface area contributed by atoms with Gasteiger partial charge >= 0.3 is 0 Å². The molecule has 98 valence electrons. The molecule has 1 aliphatic rings. The van der Waals surface area contributed by atoms with Crippen molar-refractivity contribution in [1.29, 1.82) is 0 Å². The van der Waals surface area contributed by atoms with Gasteiger partial charge in [0.15, 0.2) is 0 Å². The van der Waals surface area contributed by atoms with Gasteiger partial charge in [-0.05, 0) is 12.1 Å². The predicted octanol–water partition coefficient (Wildman–Crippen LogP) is 0.864. The van der Waals surface area contributed by atoms with Crippen molar-refractivity contribution >= 4 is 11.6 Å². The number of nitrogens with zero attached hydrogens (tertiary/aromatic N) is 3. The molecule has 0 aliphatic carbocycles. The number of amides is 1. The molecule has 1 aliphatic heterocycles. The maximum absolute atomic E-state index is 11.6. The van der Waals surface area contributed by atoms with Gasteiger partial charge in [0.05, 0.1) is 25.3 Å². The lowest BCUT2D eigenvalue weighted by atomic mass is 10.2. The zero-order chi connectivity index (χ0) is 13.2. The van der Waals surface area contributed by atoms with E-state index in [1.165, 1.54) is 5.06 Å². The Morgan fingerprint density at radius 2 is 2.32 bits per heavy atom. The smallest absolute Gasteiger partial charge is 0.253 e. The zero-order valence-corrected chi connectivity index (χ0v) is 10.1. The van der Waals surface area contributed by atoms with Gasteiger partial charge in [-0.1, -0.05) is 17.3 Å². The average Bonchev–Trinajstić information content (AvgIpc) is 3.07. The van der Waals surface area contributed by atoms with E-state index in [0.717, 1.165) is 5.56 Å². The number of carbonyl (C=O) groups excluding carboxylic acids is 1. The molecule has 1 fully saturated rings. The van der Waals surface area contributed by atoms with Crippen LogP contribution in [0.2, 0.25) is 0 Å². The Kier molecular flexibility index (Phi) is 2.98. The van der Waals surface area contributed by atoms with Crippen molar-refractivity contribution in [2.75, 3.05) is 11.7 Å². The van der Waals surface area contributed by atoms with Crippen LogP contribution in [0, 0.1) is 0 Å². The Morgan fingerprint density at radius 3 is 3.00 bits per heavy atom. The minimum atomic E-state index is -0.0621. The summed E-state index contributed by atoms with van der Waals surface area (Å²) in [6.45, 7) is 0.600. The van der Waals surface area contributed by atoms with Crippen LogP contribution in [0.1, 0.15) is 12.3 Å².